The van der Waals surface area contributed by atoms with Crippen LogP contribution in [-0.2, 0) is 4.74 Å². The highest BCUT2D eigenvalue weighted by molar-refractivity contribution is 5.80. The summed E-state index contributed by atoms with van der Waals surface area (Å²) in [5.74, 6) is 0.826. The summed E-state index contributed by atoms with van der Waals surface area (Å²) < 4.78 is 5.65. The molecule has 2 heterocycles. The number of fused-ring (bicyclic) bond motifs is 2. The van der Waals surface area contributed by atoms with E-state index in [0.29, 0.717) is 12.6 Å². The molecule has 2 bridgehead atoms. The molecule has 1 aliphatic carbocycles. The average molecular weight is 423 g/mol. The number of piperidine rings is 1. The Morgan fingerprint density at radius 2 is 1.87 bits per heavy atom. The van der Waals surface area contributed by atoms with E-state index in [1.165, 1.54) is 6.42 Å². The van der Waals surface area contributed by atoms with Crippen molar-refractivity contribution in [3.63, 3.8) is 0 Å². The Kier molecular flexibility index (Phi) is 7.20. The topological polar surface area (TPSA) is 86.2 Å². The fraction of sp³-hybridized carbons (Fsp3) is 0.913. The largest absolute Gasteiger partial charge is 0.444 e. The summed E-state index contributed by atoms with van der Waals surface area (Å²) in [6.45, 7) is 11.4. The predicted octanol–water partition coefficient (Wildman–Crippen LogP) is 3.41. The molecular weight excluding hydrogens is 380 g/mol. The molecule has 30 heavy (non-hydrogen) atoms. The van der Waals surface area contributed by atoms with Gasteiger partial charge in [0.1, 0.15) is 5.60 Å². The van der Waals surface area contributed by atoms with E-state index >= 15 is 0 Å². The van der Waals surface area contributed by atoms with Gasteiger partial charge in [0.25, 0.3) is 0 Å². The molecular formula is C23H42N4O3. The van der Waals surface area contributed by atoms with Gasteiger partial charge in [-0.1, -0.05) is 19.8 Å². The monoisotopic (exact) mass is 422 g/mol. The molecule has 0 aromatic heterocycles. The quantitative estimate of drug-likeness (QED) is 0.477. The predicted molar refractivity (Wildman–Crippen MR) is 120 cm³/mol. The molecule has 1 saturated carbocycles. The minimum atomic E-state index is -0.462. The Hall–Kier alpha value is -1.50. The summed E-state index contributed by atoms with van der Waals surface area (Å²) in [4.78, 5) is 19.5. The van der Waals surface area contributed by atoms with E-state index in [-0.39, 0.29) is 29.7 Å². The molecule has 4 atom stereocenters. The van der Waals surface area contributed by atoms with E-state index in [2.05, 4.69) is 24.5 Å². The zero-order valence-corrected chi connectivity index (χ0v) is 19.5. The minimum Gasteiger partial charge on any atom is -0.444 e. The summed E-state index contributed by atoms with van der Waals surface area (Å²) in [6, 6.07) is 0.761. The van der Waals surface area contributed by atoms with Crippen LogP contribution in [0.15, 0.2) is 4.99 Å². The zero-order valence-electron chi connectivity index (χ0n) is 19.5. The van der Waals surface area contributed by atoms with Crippen LogP contribution in [-0.4, -0.2) is 65.0 Å². The second-order valence-corrected chi connectivity index (χ2v) is 10.7. The first-order valence-electron chi connectivity index (χ1n) is 11.9. The number of carbonyl (C=O) groups excluding carboxylic acids is 1. The molecule has 3 N–H and O–H groups in total. The number of aliphatic imine (C=N–C) groups is 1. The summed E-state index contributed by atoms with van der Waals surface area (Å²) in [5, 5.41) is 17.5. The van der Waals surface area contributed by atoms with Gasteiger partial charge in [0.05, 0.1) is 12.6 Å². The second-order valence-electron chi connectivity index (χ2n) is 10.7. The number of aliphatic hydroxyl groups is 1. The Balaban J connectivity index is 1.60. The van der Waals surface area contributed by atoms with Crippen molar-refractivity contribution < 1.29 is 14.6 Å². The van der Waals surface area contributed by atoms with E-state index in [1.54, 1.807) is 0 Å². The van der Waals surface area contributed by atoms with E-state index in [0.717, 1.165) is 57.5 Å². The fourth-order valence-corrected chi connectivity index (χ4v) is 5.25. The van der Waals surface area contributed by atoms with Crippen LogP contribution in [0.2, 0.25) is 0 Å². The van der Waals surface area contributed by atoms with Crippen LogP contribution in [0.3, 0.4) is 0 Å². The van der Waals surface area contributed by atoms with Gasteiger partial charge in [-0.25, -0.2) is 4.79 Å². The molecule has 4 unspecified atom stereocenters. The second kappa shape index (κ2) is 9.33. The van der Waals surface area contributed by atoms with E-state index < -0.39 is 5.60 Å². The van der Waals surface area contributed by atoms with Gasteiger partial charge in [0.2, 0.25) is 0 Å². The molecule has 0 radical (unpaired) electrons. The van der Waals surface area contributed by atoms with Crippen LogP contribution in [0, 0.1) is 5.41 Å². The van der Waals surface area contributed by atoms with Crippen LogP contribution in [0.1, 0.15) is 86.0 Å². The van der Waals surface area contributed by atoms with E-state index in [1.807, 2.05) is 25.7 Å². The van der Waals surface area contributed by atoms with E-state index in [4.69, 9.17) is 9.73 Å². The summed E-state index contributed by atoms with van der Waals surface area (Å²) in [5.41, 5.74) is -0.601. The van der Waals surface area contributed by atoms with Gasteiger partial charge < -0.3 is 25.4 Å². The first-order chi connectivity index (χ1) is 14.1. The van der Waals surface area contributed by atoms with Gasteiger partial charge in [-0.05, 0) is 66.2 Å². The Morgan fingerprint density at radius 1 is 1.20 bits per heavy atom. The number of aliphatic hydroxyl groups excluding tert-OH is 1. The first-order valence-corrected chi connectivity index (χ1v) is 11.9. The molecule has 0 aromatic carbocycles. The molecule has 0 spiro atoms. The number of nitrogens with zero attached hydrogens (tertiary/aromatic N) is 2. The molecule has 7 heteroatoms. The third-order valence-electron chi connectivity index (χ3n) is 6.90. The number of rotatable bonds is 4. The Morgan fingerprint density at radius 3 is 2.43 bits per heavy atom. The lowest BCUT2D eigenvalue weighted by molar-refractivity contribution is 0.00535. The number of guanidine groups is 1. The van der Waals surface area contributed by atoms with Gasteiger partial charge in [0, 0.05) is 30.1 Å². The number of carbonyl (C=O) groups is 1. The van der Waals surface area contributed by atoms with Crippen LogP contribution < -0.4 is 10.6 Å². The van der Waals surface area contributed by atoms with Crippen LogP contribution in [0.25, 0.3) is 0 Å². The molecule has 2 saturated heterocycles. The minimum absolute atomic E-state index is 0.139. The van der Waals surface area contributed by atoms with Crippen molar-refractivity contribution in [2.45, 2.75) is 116 Å². The SMILES string of the molecule is CCNC(=NCC1(C)CCCCC1O)NC1CC2CCC(C1)N2C(=O)OC(C)(C)C. The smallest absolute Gasteiger partial charge is 0.410 e. The van der Waals surface area contributed by atoms with Crippen LogP contribution in [0.5, 0.6) is 0 Å². The lowest BCUT2D eigenvalue weighted by Crippen LogP contribution is -2.55. The fourth-order valence-electron chi connectivity index (χ4n) is 5.25. The van der Waals surface area contributed by atoms with Crippen molar-refractivity contribution in [3.05, 3.63) is 0 Å². The Bertz CT molecular complexity index is 618. The molecule has 2 aliphatic heterocycles. The van der Waals surface area contributed by atoms with Crippen LogP contribution in [0.4, 0.5) is 4.79 Å². The molecule has 3 rings (SSSR count). The molecule has 172 valence electrons. The maximum atomic E-state index is 12.7. The normalized spacial score (nSPS) is 34.6. The van der Waals surface area contributed by atoms with Crippen LogP contribution >= 0.6 is 0 Å². The number of ether oxygens (including phenoxy) is 1. The zero-order chi connectivity index (χ0) is 21.9. The highest BCUT2D eigenvalue weighted by atomic mass is 16.6. The van der Waals surface area contributed by atoms with E-state index in [9.17, 15) is 9.90 Å². The van der Waals surface area contributed by atoms with Gasteiger partial charge in [-0.2, -0.15) is 0 Å². The van der Waals surface area contributed by atoms with Gasteiger partial charge in [-0.15, -0.1) is 0 Å². The molecule has 3 aliphatic rings. The van der Waals surface area contributed by atoms with Crippen molar-refractivity contribution in [3.8, 4) is 0 Å². The van der Waals surface area contributed by atoms with Crippen molar-refractivity contribution in [1.29, 1.82) is 0 Å². The summed E-state index contributed by atoms with van der Waals surface area (Å²) >= 11 is 0. The van der Waals surface area contributed by atoms with Gasteiger partial charge in [0.15, 0.2) is 5.96 Å². The third kappa shape index (κ3) is 5.59. The van der Waals surface area contributed by atoms with Crippen molar-refractivity contribution in [2.75, 3.05) is 13.1 Å². The Labute approximate surface area is 182 Å². The average Bonchev–Trinajstić information content (AvgIpc) is 2.92. The third-order valence-corrected chi connectivity index (χ3v) is 6.90. The summed E-state index contributed by atoms with van der Waals surface area (Å²) in [7, 11) is 0. The van der Waals surface area contributed by atoms with Crippen molar-refractivity contribution >= 4 is 12.1 Å². The first kappa shape index (κ1) is 23.2. The highest BCUT2D eigenvalue weighted by Crippen LogP contribution is 2.38. The van der Waals surface area contributed by atoms with Gasteiger partial charge >= 0.3 is 6.09 Å². The van der Waals surface area contributed by atoms with Gasteiger partial charge in [-0.3, -0.25) is 4.99 Å². The maximum Gasteiger partial charge on any atom is 0.410 e. The lowest BCUT2D eigenvalue weighted by atomic mass is 9.73. The standard InChI is InChI=1S/C23H42N4O3/c1-6-24-20(25-15-23(5)12-8-7-9-19(23)28)26-16-13-17-10-11-18(14-16)27(17)21(29)30-22(2,3)4/h16-19,28H,6-15H2,1-5H3,(H2,24,25,26). The lowest BCUT2D eigenvalue weighted by Gasteiger charge is -2.40. The van der Waals surface area contributed by atoms with Crippen molar-refractivity contribution in [1.82, 2.24) is 15.5 Å². The molecule has 1 amide bonds. The molecule has 0 aromatic rings. The number of amides is 1. The molecule has 3 fully saturated rings. The number of hydrogen-bond acceptors (Lipinski definition) is 4. The van der Waals surface area contributed by atoms with Crippen molar-refractivity contribution in [2.24, 2.45) is 10.4 Å². The maximum absolute atomic E-state index is 12.7. The number of hydrogen-bond donors (Lipinski definition) is 3. The highest BCUT2D eigenvalue weighted by Gasteiger charge is 2.45. The number of nitrogens with one attached hydrogen (secondary N) is 2. The summed E-state index contributed by atoms with van der Waals surface area (Å²) in [6.07, 6.45) is 7.65. The molecule has 7 nitrogen and oxygen atoms in total.